The molecule has 0 amide bonds. The van der Waals surface area contributed by atoms with Crippen molar-refractivity contribution in [2.75, 3.05) is 0 Å². The molecule has 0 saturated heterocycles. The lowest BCUT2D eigenvalue weighted by Crippen LogP contribution is -1.96. The number of benzene rings is 8. The maximum Gasteiger partial charge on any atom is 0.213 e. The van der Waals surface area contributed by atoms with Gasteiger partial charge >= 0.3 is 0 Å². The van der Waals surface area contributed by atoms with Crippen molar-refractivity contribution in [1.29, 1.82) is 0 Å². The second kappa shape index (κ2) is 11.1. The SMILES string of the molecule is c1ccc(-n2c3oc4ccccc4c3c3cccc(-c4ccc(-n5c6ccccc6c6cc(-n7c8ccccc8c8ccccc87)ccc65)cc4)c32)cc1. The number of aromatic nitrogens is 3. The summed E-state index contributed by atoms with van der Waals surface area (Å²) in [7, 11) is 0. The second-order valence-electron chi connectivity index (χ2n) is 14.1. The highest BCUT2D eigenvalue weighted by Gasteiger charge is 2.22. The number of fused-ring (bicyclic) bond motifs is 11. The molecule has 54 heavy (non-hydrogen) atoms. The summed E-state index contributed by atoms with van der Waals surface area (Å²) in [6, 6.07) is 67.6. The molecule has 0 unspecified atom stereocenters. The number of para-hydroxylation sites is 6. The third-order valence-electron chi connectivity index (χ3n) is 11.3. The zero-order valence-corrected chi connectivity index (χ0v) is 29.1. The van der Waals surface area contributed by atoms with Gasteiger partial charge in [0.1, 0.15) is 5.58 Å². The first kappa shape index (κ1) is 29.3. The van der Waals surface area contributed by atoms with Crippen LogP contribution < -0.4 is 0 Å². The number of hydrogen-bond acceptors (Lipinski definition) is 1. The molecule has 12 aromatic rings. The lowest BCUT2D eigenvalue weighted by Gasteiger charge is -2.13. The Labute approximate surface area is 309 Å². The average molecular weight is 690 g/mol. The van der Waals surface area contributed by atoms with Crippen LogP contribution in [0.5, 0.6) is 0 Å². The normalized spacial score (nSPS) is 12.1. The van der Waals surface area contributed by atoms with Gasteiger partial charge in [-0.1, -0.05) is 121 Å². The molecule has 0 N–H and O–H groups in total. The van der Waals surface area contributed by atoms with Crippen molar-refractivity contribution in [1.82, 2.24) is 13.7 Å². The Kier molecular flexibility index (Phi) is 6.02. The third-order valence-corrected chi connectivity index (χ3v) is 11.3. The summed E-state index contributed by atoms with van der Waals surface area (Å²) < 4.78 is 13.7. The van der Waals surface area contributed by atoms with E-state index in [1.54, 1.807) is 0 Å². The van der Waals surface area contributed by atoms with Crippen LogP contribution in [0.2, 0.25) is 0 Å². The molecule has 4 nitrogen and oxygen atoms in total. The molecule has 0 aliphatic rings. The minimum Gasteiger partial charge on any atom is -0.439 e. The van der Waals surface area contributed by atoms with Crippen molar-refractivity contribution in [2.24, 2.45) is 0 Å². The highest BCUT2D eigenvalue weighted by molar-refractivity contribution is 6.22. The number of rotatable bonds is 4. The molecule has 12 rings (SSSR count). The van der Waals surface area contributed by atoms with E-state index in [1.807, 2.05) is 6.07 Å². The van der Waals surface area contributed by atoms with Gasteiger partial charge in [0.05, 0.1) is 33.0 Å². The predicted molar refractivity (Wildman–Crippen MR) is 225 cm³/mol. The first-order chi connectivity index (χ1) is 26.8. The molecule has 8 aromatic carbocycles. The van der Waals surface area contributed by atoms with Crippen molar-refractivity contribution in [3.8, 4) is 28.2 Å². The molecular weight excluding hydrogens is 659 g/mol. The average Bonchev–Trinajstić information content (AvgIpc) is 3.97. The van der Waals surface area contributed by atoms with Gasteiger partial charge in [0, 0.05) is 54.9 Å². The lowest BCUT2D eigenvalue weighted by molar-refractivity contribution is 0.645. The molecule has 4 heterocycles. The molecule has 252 valence electrons. The fourth-order valence-corrected chi connectivity index (χ4v) is 8.96. The molecule has 0 fully saturated rings. The Morgan fingerprint density at radius 1 is 0.333 bits per heavy atom. The van der Waals surface area contributed by atoms with Crippen LogP contribution in [0.25, 0.3) is 105 Å². The van der Waals surface area contributed by atoms with Crippen LogP contribution >= 0.6 is 0 Å². The second-order valence-corrected chi connectivity index (χ2v) is 14.1. The lowest BCUT2D eigenvalue weighted by atomic mass is 10.0. The smallest absolute Gasteiger partial charge is 0.213 e. The Balaban J connectivity index is 1.04. The number of nitrogens with zero attached hydrogens (tertiary/aromatic N) is 3. The zero-order chi connectivity index (χ0) is 35.3. The summed E-state index contributed by atoms with van der Waals surface area (Å²) >= 11 is 0. The first-order valence-electron chi connectivity index (χ1n) is 18.4. The zero-order valence-electron chi connectivity index (χ0n) is 29.1. The Morgan fingerprint density at radius 3 is 1.56 bits per heavy atom. The summed E-state index contributed by atoms with van der Waals surface area (Å²) in [5.74, 6) is 0. The fourth-order valence-electron chi connectivity index (χ4n) is 8.96. The standard InChI is InChI=1S/C50H31N3O/c1-2-13-33(14-3-1)53-49-36(19-12-20-41(49)48-40-18-7-11-24-47(40)54-50(48)53)32-25-27-34(28-26-32)51-45-23-10-6-17-39(45)42-31-35(29-30-46(42)51)52-43-21-8-4-15-37(43)38-16-5-9-22-44(38)52/h1-31H. The highest BCUT2D eigenvalue weighted by Crippen LogP contribution is 2.43. The highest BCUT2D eigenvalue weighted by atomic mass is 16.3. The molecule has 0 radical (unpaired) electrons. The van der Waals surface area contributed by atoms with Crippen molar-refractivity contribution >= 4 is 76.6 Å². The van der Waals surface area contributed by atoms with Crippen molar-refractivity contribution in [2.45, 2.75) is 0 Å². The minimum absolute atomic E-state index is 0.868. The summed E-state index contributed by atoms with van der Waals surface area (Å²) in [4.78, 5) is 0. The summed E-state index contributed by atoms with van der Waals surface area (Å²) in [5.41, 5.74) is 13.4. The van der Waals surface area contributed by atoms with Gasteiger partial charge in [0.2, 0.25) is 5.71 Å². The van der Waals surface area contributed by atoms with Gasteiger partial charge in [0.25, 0.3) is 0 Å². The molecule has 4 aromatic heterocycles. The molecule has 0 aliphatic heterocycles. The minimum atomic E-state index is 0.868. The molecule has 0 spiro atoms. The Bertz CT molecular complexity index is 3380. The Hall–Kier alpha value is -7.30. The van der Waals surface area contributed by atoms with Crippen LogP contribution in [-0.4, -0.2) is 13.7 Å². The molecule has 4 heteroatoms. The topological polar surface area (TPSA) is 27.9 Å². The van der Waals surface area contributed by atoms with Crippen LogP contribution in [0, 0.1) is 0 Å². The van der Waals surface area contributed by atoms with E-state index in [1.165, 1.54) is 49.0 Å². The van der Waals surface area contributed by atoms with Crippen molar-refractivity contribution in [3.05, 3.63) is 188 Å². The summed E-state index contributed by atoms with van der Waals surface area (Å²) in [6.07, 6.45) is 0. The molecular formula is C50H31N3O. The van der Waals surface area contributed by atoms with Crippen LogP contribution in [0.3, 0.4) is 0 Å². The van der Waals surface area contributed by atoms with E-state index < -0.39 is 0 Å². The maximum absolute atomic E-state index is 6.60. The van der Waals surface area contributed by atoms with E-state index >= 15 is 0 Å². The van der Waals surface area contributed by atoms with Gasteiger partial charge < -0.3 is 13.6 Å². The number of furan rings is 1. The van der Waals surface area contributed by atoms with E-state index in [0.29, 0.717) is 0 Å². The van der Waals surface area contributed by atoms with E-state index in [9.17, 15) is 0 Å². The van der Waals surface area contributed by atoms with Crippen LogP contribution in [0.4, 0.5) is 0 Å². The van der Waals surface area contributed by atoms with Gasteiger partial charge in [0.15, 0.2) is 0 Å². The summed E-state index contributed by atoms with van der Waals surface area (Å²) in [6.45, 7) is 0. The first-order valence-corrected chi connectivity index (χ1v) is 18.4. The van der Waals surface area contributed by atoms with Crippen molar-refractivity contribution in [3.63, 3.8) is 0 Å². The van der Waals surface area contributed by atoms with E-state index in [0.717, 1.165) is 55.8 Å². The van der Waals surface area contributed by atoms with Crippen LogP contribution in [0.1, 0.15) is 0 Å². The molecule has 0 atom stereocenters. The quantitative estimate of drug-likeness (QED) is 0.181. The van der Waals surface area contributed by atoms with Gasteiger partial charge in [-0.2, -0.15) is 0 Å². The Morgan fingerprint density at radius 2 is 0.852 bits per heavy atom. The van der Waals surface area contributed by atoms with E-state index in [4.69, 9.17) is 4.42 Å². The van der Waals surface area contributed by atoms with E-state index in [2.05, 4.69) is 196 Å². The fraction of sp³-hybridized carbons (Fsp3) is 0. The third kappa shape index (κ3) is 4.02. The largest absolute Gasteiger partial charge is 0.439 e. The van der Waals surface area contributed by atoms with Crippen LogP contribution in [-0.2, 0) is 0 Å². The predicted octanol–water partition coefficient (Wildman–Crippen LogP) is 13.4. The van der Waals surface area contributed by atoms with Gasteiger partial charge in [-0.25, -0.2) is 0 Å². The van der Waals surface area contributed by atoms with Gasteiger partial charge in [-0.05, 0) is 72.3 Å². The van der Waals surface area contributed by atoms with E-state index in [-0.39, 0.29) is 0 Å². The number of hydrogen-bond donors (Lipinski definition) is 0. The summed E-state index contributed by atoms with van der Waals surface area (Å²) in [5, 5.41) is 8.46. The van der Waals surface area contributed by atoms with Gasteiger partial charge in [-0.3, -0.25) is 4.57 Å². The monoisotopic (exact) mass is 689 g/mol. The van der Waals surface area contributed by atoms with Gasteiger partial charge in [-0.15, -0.1) is 0 Å². The van der Waals surface area contributed by atoms with Crippen LogP contribution in [0.15, 0.2) is 192 Å². The molecule has 0 saturated carbocycles. The molecule has 0 aliphatic carbocycles. The maximum atomic E-state index is 6.60. The molecule has 0 bridgehead atoms. The van der Waals surface area contributed by atoms with Crippen molar-refractivity contribution < 1.29 is 4.42 Å².